The Labute approximate surface area is 150 Å². The molecular formula is C19H19NO2S2. The Morgan fingerprint density at radius 3 is 2.75 bits per heavy atom. The lowest BCUT2D eigenvalue weighted by molar-refractivity contribution is 0.0730. The lowest BCUT2D eigenvalue weighted by Crippen LogP contribution is -2.32. The third-order valence-corrected chi connectivity index (χ3v) is 5.49. The average Bonchev–Trinajstić information content (AvgIpc) is 3.31. The van der Waals surface area contributed by atoms with Gasteiger partial charge in [0.15, 0.2) is 0 Å². The van der Waals surface area contributed by atoms with E-state index in [4.69, 9.17) is 4.42 Å². The highest BCUT2D eigenvalue weighted by Crippen LogP contribution is 2.22. The van der Waals surface area contributed by atoms with Crippen LogP contribution in [-0.2, 0) is 13.0 Å². The van der Waals surface area contributed by atoms with Crippen LogP contribution in [0.1, 0.15) is 21.0 Å². The first-order valence-electron chi connectivity index (χ1n) is 7.75. The standard InChI is InChI=1S/C19H19NO2S2/c1-23-18-9-3-2-8-17(18)19(21)20(14-15-6-4-12-22-15)11-10-16-7-5-13-24-16/h2-9,12-13H,10-11,14H2,1H3. The van der Waals surface area contributed by atoms with Gasteiger partial charge in [-0.2, -0.15) is 0 Å². The Hall–Kier alpha value is -1.98. The molecule has 0 aliphatic carbocycles. The molecule has 2 heterocycles. The highest BCUT2D eigenvalue weighted by atomic mass is 32.2. The van der Waals surface area contributed by atoms with Crippen LogP contribution in [0.15, 0.2) is 69.5 Å². The largest absolute Gasteiger partial charge is 0.467 e. The van der Waals surface area contributed by atoms with E-state index >= 15 is 0 Å². The van der Waals surface area contributed by atoms with Crippen LogP contribution < -0.4 is 0 Å². The molecule has 0 atom stereocenters. The molecule has 0 bridgehead atoms. The molecule has 124 valence electrons. The van der Waals surface area contributed by atoms with E-state index in [1.54, 1.807) is 29.4 Å². The predicted octanol–water partition coefficient (Wildman–Crippen LogP) is 4.95. The minimum atomic E-state index is 0.0490. The van der Waals surface area contributed by atoms with Crippen molar-refractivity contribution in [2.24, 2.45) is 0 Å². The van der Waals surface area contributed by atoms with Gasteiger partial charge in [-0.05, 0) is 48.4 Å². The van der Waals surface area contributed by atoms with Crippen molar-refractivity contribution in [3.63, 3.8) is 0 Å². The highest BCUT2D eigenvalue weighted by Gasteiger charge is 2.19. The summed E-state index contributed by atoms with van der Waals surface area (Å²) in [5.74, 6) is 0.851. The zero-order valence-corrected chi connectivity index (χ0v) is 15.1. The van der Waals surface area contributed by atoms with Crippen molar-refractivity contribution in [1.29, 1.82) is 0 Å². The second kappa shape index (κ2) is 8.22. The normalized spacial score (nSPS) is 10.7. The molecule has 2 aromatic heterocycles. The third kappa shape index (κ3) is 4.10. The van der Waals surface area contributed by atoms with Gasteiger partial charge < -0.3 is 9.32 Å². The van der Waals surface area contributed by atoms with E-state index in [9.17, 15) is 4.79 Å². The van der Waals surface area contributed by atoms with E-state index in [2.05, 4.69) is 11.4 Å². The molecule has 0 fully saturated rings. The van der Waals surface area contributed by atoms with Crippen molar-refractivity contribution in [3.05, 3.63) is 76.4 Å². The first-order valence-corrected chi connectivity index (χ1v) is 9.85. The number of thioether (sulfide) groups is 1. The summed E-state index contributed by atoms with van der Waals surface area (Å²) in [5.41, 5.74) is 0.753. The quantitative estimate of drug-likeness (QED) is 0.561. The van der Waals surface area contributed by atoms with Crippen LogP contribution in [0, 0.1) is 0 Å². The number of furan rings is 1. The van der Waals surface area contributed by atoms with E-state index in [1.807, 2.05) is 53.6 Å². The molecule has 3 nitrogen and oxygen atoms in total. The van der Waals surface area contributed by atoms with Gasteiger partial charge in [0.05, 0.1) is 18.4 Å². The number of hydrogen-bond donors (Lipinski definition) is 0. The lowest BCUT2D eigenvalue weighted by atomic mass is 10.2. The van der Waals surface area contributed by atoms with Crippen molar-refractivity contribution >= 4 is 29.0 Å². The van der Waals surface area contributed by atoms with Crippen molar-refractivity contribution in [2.45, 2.75) is 17.9 Å². The number of benzene rings is 1. The fraction of sp³-hybridized carbons (Fsp3) is 0.211. The molecule has 0 spiro atoms. The zero-order valence-electron chi connectivity index (χ0n) is 13.5. The molecule has 5 heteroatoms. The summed E-state index contributed by atoms with van der Waals surface area (Å²) in [6.45, 7) is 1.16. The average molecular weight is 358 g/mol. The van der Waals surface area contributed by atoms with Gasteiger partial charge in [0.25, 0.3) is 5.91 Å². The number of hydrogen-bond acceptors (Lipinski definition) is 4. The molecule has 24 heavy (non-hydrogen) atoms. The van der Waals surface area contributed by atoms with E-state index < -0.39 is 0 Å². The van der Waals surface area contributed by atoms with Crippen molar-refractivity contribution < 1.29 is 9.21 Å². The van der Waals surface area contributed by atoms with E-state index in [0.717, 1.165) is 22.6 Å². The molecule has 0 unspecified atom stereocenters. The van der Waals surface area contributed by atoms with Gasteiger partial charge in [-0.1, -0.05) is 18.2 Å². The number of amides is 1. The molecule has 0 saturated carbocycles. The zero-order chi connectivity index (χ0) is 16.8. The van der Waals surface area contributed by atoms with Crippen LogP contribution in [0.5, 0.6) is 0 Å². The molecule has 0 N–H and O–H groups in total. The summed E-state index contributed by atoms with van der Waals surface area (Å²) >= 11 is 3.32. The fourth-order valence-electron chi connectivity index (χ4n) is 2.53. The first-order chi connectivity index (χ1) is 11.8. The van der Waals surface area contributed by atoms with Gasteiger partial charge >= 0.3 is 0 Å². The second-order valence-electron chi connectivity index (χ2n) is 5.34. The Morgan fingerprint density at radius 2 is 2.04 bits per heavy atom. The maximum Gasteiger partial charge on any atom is 0.255 e. The number of thiophene rings is 1. The molecule has 3 rings (SSSR count). The van der Waals surface area contributed by atoms with E-state index in [1.165, 1.54) is 4.88 Å². The molecule has 0 aliphatic rings. The van der Waals surface area contributed by atoms with Gasteiger partial charge in [0, 0.05) is 16.3 Å². The predicted molar refractivity (Wildman–Crippen MR) is 99.7 cm³/mol. The Balaban J connectivity index is 1.80. The summed E-state index contributed by atoms with van der Waals surface area (Å²) in [7, 11) is 0. The van der Waals surface area contributed by atoms with Gasteiger partial charge in [-0.15, -0.1) is 23.1 Å². The summed E-state index contributed by atoms with van der Waals surface area (Å²) in [5, 5.41) is 2.07. The Morgan fingerprint density at radius 1 is 1.17 bits per heavy atom. The summed E-state index contributed by atoms with van der Waals surface area (Å²) in [6.07, 6.45) is 4.49. The first kappa shape index (κ1) is 16.9. The van der Waals surface area contributed by atoms with Crippen LogP contribution >= 0.6 is 23.1 Å². The third-order valence-electron chi connectivity index (χ3n) is 3.76. The second-order valence-corrected chi connectivity index (χ2v) is 7.22. The molecular weight excluding hydrogens is 338 g/mol. The van der Waals surface area contributed by atoms with E-state index in [0.29, 0.717) is 13.1 Å². The number of rotatable bonds is 7. The van der Waals surface area contributed by atoms with E-state index in [-0.39, 0.29) is 5.91 Å². The van der Waals surface area contributed by atoms with Crippen molar-refractivity contribution in [3.8, 4) is 0 Å². The monoisotopic (exact) mass is 357 g/mol. The van der Waals surface area contributed by atoms with Gasteiger partial charge in [-0.25, -0.2) is 0 Å². The summed E-state index contributed by atoms with van der Waals surface area (Å²) < 4.78 is 5.45. The Kier molecular flexibility index (Phi) is 5.77. The maximum atomic E-state index is 13.1. The molecule has 0 aliphatic heterocycles. The number of carbonyl (C=O) groups is 1. The number of carbonyl (C=O) groups excluding carboxylic acids is 1. The Bertz CT molecular complexity index is 767. The van der Waals surface area contributed by atoms with Crippen LogP contribution in [0.4, 0.5) is 0 Å². The SMILES string of the molecule is CSc1ccccc1C(=O)N(CCc1cccs1)Cc1ccco1. The number of nitrogens with zero attached hydrogens (tertiary/aromatic N) is 1. The summed E-state index contributed by atoms with van der Waals surface area (Å²) in [6, 6.07) is 15.7. The van der Waals surface area contributed by atoms with Crippen molar-refractivity contribution in [2.75, 3.05) is 12.8 Å². The van der Waals surface area contributed by atoms with Crippen molar-refractivity contribution in [1.82, 2.24) is 4.90 Å². The molecule has 3 aromatic rings. The maximum absolute atomic E-state index is 13.1. The molecule has 1 amide bonds. The van der Waals surface area contributed by atoms with Crippen LogP contribution in [0.2, 0.25) is 0 Å². The van der Waals surface area contributed by atoms with Gasteiger partial charge in [0.2, 0.25) is 0 Å². The lowest BCUT2D eigenvalue weighted by Gasteiger charge is -2.22. The van der Waals surface area contributed by atoms with Gasteiger partial charge in [-0.3, -0.25) is 4.79 Å². The van der Waals surface area contributed by atoms with Gasteiger partial charge in [0.1, 0.15) is 5.76 Å². The topological polar surface area (TPSA) is 33.5 Å². The fourth-order valence-corrected chi connectivity index (χ4v) is 3.82. The smallest absolute Gasteiger partial charge is 0.255 e. The van der Waals surface area contributed by atoms with Crippen LogP contribution in [-0.4, -0.2) is 23.6 Å². The van der Waals surface area contributed by atoms with Crippen LogP contribution in [0.25, 0.3) is 0 Å². The highest BCUT2D eigenvalue weighted by molar-refractivity contribution is 7.98. The molecule has 0 saturated heterocycles. The minimum Gasteiger partial charge on any atom is -0.467 e. The van der Waals surface area contributed by atoms with Crippen LogP contribution in [0.3, 0.4) is 0 Å². The summed E-state index contributed by atoms with van der Waals surface area (Å²) in [4.78, 5) is 17.2. The molecule has 0 radical (unpaired) electrons. The molecule has 1 aromatic carbocycles. The minimum absolute atomic E-state index is 0.0490.